The van der Waals surface area contributed by atoms with Crippen molar-refractivity contribution < 1.29 is 4.39 Å². The molecule has 110 valence electrons. The lowest BCUT2D eigenvalue weighted by Crippen LogP contribution is -2.29. The molecule has 1 fully saturated rings. The second-order valence-electron chi connectivity index (χ2n) is 5.27. The van der Waals surface area contributed by atoms with E-state index in [2.05, 4.69) is 20.2 Å². The highest BCUT2D eigenvalue weighted by Gasteiger charge is 2.15. The van der Waals surface area contributed by atoms with E-state index in [0.29, 0.717) is 17.2 Å². The zero-order valence-electron chi connectivity index (χ0n) is 12.1. The van der Waals surface area contributed by atoms with Crippen molar-refractivity contribution in [3.63, 3.8) is 0 Å². The van der Waals surface area contributed by atoms with Crippen molar-refractivity contribution in [2.24, 2.45) is 0 Å². The first-order valence-corrected chi connectivity index (χ1v) is 7.30. The molecule has 1 aromatic heterocycles. The molecule has 2 heterocycles. The lowest BCUT2D eigenvalue weighted by Gasteiger charge is -2.20. The summed E-state index contributed by atoms with van der Waals surface area (Å²) in [7, 11) is 0. The minimum atomic E-state index is -0.247. The highest BCUT2D eigenvalue weighted by molar-refractivity contribution is 5.64. The number of aromatic nitrogens is 2. The fourth-order valence-electron chi connectivity index (χ4n) is 2.56. The van der Waals surface area contributed by atoms with Gasteiger partial charge in [0.15, 0.2) is 0 Å². The second-order valence-corrected chi connectivity index (χ2v) is 5.27. The number of hydrogen-bond acceptors (Lipinski definition) is 4. The Kier molecular flexibility index (Phi) is 4.10. The SMILES string of the molecule is Cc1cnc(N2CCCNCC2)nc1-c1ccccc1F. The van der Waals surface area contributed by atoms with E-state index >= 15 is 0 Å². The summed E-state index contributed by atoms with van der Waals surface area (Å²) in [6.45, 7) is 5.65. The minimum absolute atomic E-state index is 0.247. The van der Waals surface area contributed by atoms with Gasteiger partial charge in [0.05, 0.1) is 5.69 Å². The zero-order chi connectivity index (χ0) is 14.7. The molecule has 1 aliphatic rings. The van der Waals surface area contributed by atoms with Crippen LogP contribution in [0.4, 0.5) is 10.3 Å². The van der Waals surface area contributed by atoms with Gasteiger partial charge >= 0.3 is 0 Å². The van der Waals surface area contributed by atoms with Crippen LogP contribution in [0.5, 0.6) is 0 Å². The molecule has 5 heteroatoms. The van der Waals surface area contributed by atoms with Gasteiger partial charge in [0.1, 0.15) is 5.82 Å². The molecule has 0 bridgehead atoms. The summed E-state index contributed by atoms with van der Waals surface area (Å²) in [6, 6.07) is 6.75. The molecule has 4 nitrogen and oxygen atoms in total. The van der Waals surface area contributed by atoms with Crippen molar-refractivity contribution in [2.75, 3.05) is 31.1 Å². The van der Waals surface area contributed by atoms with Crippen LogP contribution in [-0.4, -0.2) is 36.1 Å². The quantitative estimate of drug-likeness (QED) is 0.920. The average Bonchev–Trinajstić information content (AvgIpc) is 2.78. The van der Waals surface area contributed by atoms with Crippen LogP contribution in [0.15, 0.2) is 30.5 Å². The molecular weight excluding hydrogens is 267 g/mol. The lowest BCUT2D eigenvalue weighted by atomic mass is 10.1. The Morgan fingerprint density at radius 3 is 2.90 bits per heavy atom. The van der Waals surface area contributed by atoms with Crippen LogP contribution in [0.2, 0.25) is 0 Å². The molecule has 0 unspecified atom stereocenters. The van der Waals surface area contributed by atoms with Gasteiger partial charge in [-0.15, -0.1) is 0 Å². The zero-order valence-corrected chi connectivity index (χ0v) is 12.1. The number of nitrogens with zero attached hydrogens (tertiary/aromatic N) is 3. The predicted octanol–water partition coefficient (Wildman–Crippen LogP) is 2.39. The molecule has 21 heavy (non-hydrogen) atoms. The van der Waals surface area contributed by atoms with Gasteiger partial charge in [-0.2, -0.15) is 0 Å². The Balaban J connectivity index is 1.98. The number of nitrogens with one attached hydrogen (secondary N) is 1. The third-order valence-electron chi connectivity index (χ3n) is 3.71. The van der Waals surface area contributed by atoms with Crippen LogP contribution in [0.25, 0.3) is 11.3 Å². The van der Waals surface area contributed by atoms with Crippen LogP contribution in [-0.2, 0) is 0 Å². The van der Waals surface area contributed by atoms with Crippen molar-refractivity contribution in [1.29, 1.82) is 0 Å². The third-order valence-corrected chi connectivity index (χ3v) is 3.71. The molecule has 0 saturated carbocycles. The number of anilines is 1. The molecule has 1 aromatic carbocycles. The molecule has 1 saturated heterocycles. The Hall–Kier alpha value is -2.01. The number of aryl methyl sites for hydroxylation is 1. The van der Waals surface area contributed by atoms with E-state index in [0.717, 1.165) is 38.2 Å². The van der Waals surface area contributed by atoms with Gasteiger partial charge in [0.2, 0.25) is 5.95 Å². The molecule has 2 aromatic rings. The van der Waals surface area contributed by atoms with E-state index < -0.39 is 0 Å². The molecule has 1 aliphatic heterocycles. The van der Waals surface area contributed by atoms with Crippen LogP contribution in [0.3, 0.4) is 0 Å². The molecule has 1 N–H and O–H groups in total. The highest BCUT2D eigenvalue weighted by Crippen LogP contribution is 2.25. The first kappa shape index (κ1) is 13.9. The number of halogens is 1. The van der Waals surface area contributed by atoms with Crippen molar-refractivity contribution >= 4 is 5.95 Å². The van der Waals surface area contributed by atoms with Gasteiger partial charge in [0.25, 0.3) is 0 Å². The average molecular weight is 286 g/mol. The van der Waals surface area contributed by atoms with Crippen molar-refractivity contribution in [1.82, 2.24) is 15.3 Å². The molecule has 3 rings (SSSR count). The summed E-state index contributed by atoms with van der Waals surface area (Å²) in [5, 5.41) is 3.36. The van der Waals surface area contributed by atoms with E-state index in [1.54, 1.807) is 18.3 Å². The summed E-state index contributed by atoms with van der Waals surface area (Å²) in [4.78, 5) is 11.2. The van der Waals surface area contributed by atoms with E-state index in [4.69, 9.17) is 0 Å². The number of hydrogen-bond donors (Lipinski definition) is 1. The Bertz CT molecular complexity index is 621. The van der Waals surface area contributed by atoms with Gasteiger partial charge in [-0.1, -0.05) is 12.1 Å². The molecule has 0 atom stereocenters. The van der Waals surface area contributed by atoms with Crippen LogP contribution in [0.1, 0.15) is 12.0 Å². The predicted molar refractivity (Wildman–Crippen MR) is 81.9 cm³/mol. The smallest absolute Gasteiger partial charge is 0.225 e. The van der Waals surface area contributed by atoms with Crippen LogP contribution in [0, 0.1) is 12.7 Å². The largest absolute Gasteiger partial charge is 0.339 e. The Labute approximate surface area is 124 Å². The third kappa shape index (κ3) is 3.03. The standard InChI is InChI=1S/C16H19FN4/c1-12-11-19-16(21-9-4-7-18-8-10-21)20-15(12)13-5-2-3-6-14(13)17/h2-3,5-6,11,18H,4,7-10H2,1H3. The fraction of sp³-hybridized carbons (Fsp3) is 0.375. The highest BCUT2D eigenvalue weighted by atomic mass is 19.1. The van der Waals surface area contributed by atoms with Crippen molar-refractivity contribution in [2.45, 2.75) is 13.3 Å². The number of rotatable bonds is 2. The van der Waals surface area contributed by atoms with Gasteiger partial charge in [-0.25, -0.2) is 14.4 Å². The van der Waals surface area contributed by atoms with Crippen LogP contribution >= 0.6 is 0 Å². The lowest BCUT2D eigenvalue weighted by molar-refractivity contribution is 0.630. The van der Waals surface area contributed by atoms with Gasteiger partial charge in [0, 0.05) is 31.4 Å². The Morgan fingerprint density at radius 1 is 1.19 bits per heavy atom. The molecule has 0 aliphatic carbocycles. The maximum Gasteiger partial charge on any atom is 0.225 e. The summed E-state index contributed by atoms with van der Waals surface area (Å²) in [5.41, 5.74) is 2.10. The summed E-state index contributed by atoms with van der Waals surface area (Å²) < 4.78 is 14.0. The van der Waals surface area contributed by atoms with Crippen molar-refractivity contribution in [3.05, 3.63) is 41.8 Å². The minimum Gasteiger partial charge on any atom is -0.339 e. The van der Waals surface area contributed by atoms with Gasteiger partial charge in [-0.05, 0) is 37.6 Å². The Morgan fingerprint density at radius 2 is 2.05 bits per heavy atom. The van der Waals surface area contributed by atoms with Crippen molar-refractivity contribution in [3.8, 4) is 11.3 Å². The summed E-state index contributed by atoms with van der Waals surface area (Å²) in [5.74, 6) is 0.435. The summed E-state index contributed by atoms with van der Waals surface area (Å²) >= 11 is 0. The maximum absolute atomic E-state index is 14.0. The van der Waals surface area contributed by atoms with Gasteiger partial charge in [-0.3, -0.25) is 0 Å². The monoisotopic (exact) mass is 286 g/mol. The van der Waals surface area contributed by atoms with E-state index in [-0.39, 0.29) is 5.82 Å². The molecule has 0 amide bonds. The second kappa shape index (κ2) is 6.18. The molecule has 0 spiro atoms. The van der Waals surface area contributed by atoms with Crippen LogP contribution < -0.4 is 10.2 Å². The first-order chi connectivity index (χ1) is 10.3. The molecule has 0 radical (unpaired) electrons. The molecular formula is C16H19FN4. The maximum atomic E-state index is 14.0. The summed E-state index contributed by atoms with van der Waals surface area (Å²) in [6.07, 6.45) is 2.84. The fourth-order valence-corrected chi connectivity index (χ4v) is 2.56. The normalized spacial score (nSPS) is 15.8. The van der Waals surface area contributed by atoms with E-state index in [1.807, 2.05) is 13.0 Å². The van der Waals surface area contributed by atoms with E-state index in [1.165, 1.54) is 6.07 Å². The first-order valence-electron chi connectivity index (χ1n) is 7.30. The number of benzene rings is 1. The topological polar surface area (TPSA) is 41.1 Å². The van der Waals surface area contributed by atoms with Gasteiger partial charge < -0.3 is 10.2 Å². The van der Waals surface area contributed by atoms with E-state index in [9.17, 15) is 4.39 Å².